The molecular formula is C18H28BrN. The van der Waals surface area contributed by atoms with Crippen LogP contribution >= 0.6 is 15.9 Å². The average molecular weight is 338 g/mol. The van der Waals surface area contributed by atoms with Gasteiger partial charge in [-0.1, -0.05) is 54.9 Å². The van der Waals surface area contributed by atoms with Gasteiger partial charge in [0.2, 0.25) is 0 Å². The third kappa shape index (κ3) is 4.33. The van der Waals surface area contributed by atoms with Gasteiger partial charge in [-0.2, -0.15) is 0 Å². The van der Waals surface area contributed by atoms with Crippen molar-refractivity contribution in [2.75, 3.05) is 6.54 Å². The lowest BCUT2D eigenvalue weighted by molar-refractivity contribution is 0.161. The van der Waals surface area contributed by atoms with Gasteiger partial charge < -0.3 is 5.32 Å². The summed E-state index contributed by atoms with van der Waals surface area (Å²) in [5.74, 6) is 0.829. The van der Waals surface area contributed by atoms with Crippen LogP contribution < -0.4 is 5.32 Å². The smallest absolute Gasteiger partial charge is 0.0207 e. The first kappa shape index (κ1) is 16.0. The van der Waals surface area contributed by atoms with E-state index >= 15 is 0 Å². The molecule has 1 saturated carbocycles. The van der Waals surface area contributed by atoms with E-state index in [9.17, 15) is 0 Å². The van der Waals surface area contributed by atoms with Crippen molar-refractivity contribution in [3.05, 3.63) is 34.3 Å². The van der Waals surface area contributed by atoms with Gasteiger partial charge in [-0.15, -0.1) is 0 Å². The van der Waals surface area contributed by atoms with E-state index in [0.717, 1.165) is 18.9 Å². The maximum Gasteiger partial charge on any atom is 0.0207 e. The number of rotatable bonds is 5. The van der Waals surface area contributed by atoms with Crippen LogP contribution in [0.1, 0.15) is 52.0 Å². The zero-order chi connectivity index (χ0) is 14.6. The van der Waals surface area contributed by atoms with Crippen molar-refractivity contribution in [3.8, 4) is 0 Å². The predicted molar refractivity (Wildman–Crippen MR) is 91.0 cm³/mol. The second-order valence-electron chi connectivity index (χ2n) is 6.96. The Morgan fingerprint density at radius 1 is 1.25 bits per heavy atom. The molecule has 0 amide bonds. The fraction of sp³-hybridized carbons (Fsp3) is 0.667. The van der Waals surface area contributed by atoms with Crippen LogP contribution in [0.2, 0.25) is 0 Å². The van der Waals surface area contributed by atoms with Gasteiger partial charge in [0.05, 0.1) is 0 Å². The van der Waals surface area contributed by atoms with Gasteiger partial charge in [0, 0.05) is 10.5 Å². The SMILES string of the molecule is CCNC(Cc1ccccc1Br)C1CCC(C)(C)CC1. The summed E-state index contributed by atoms with van der Waals surface area (Å²) in [4.78, 5) is 0. The van der Waals surface area contributed by atoms with Crippen LogP contribution in [0.5, 0.6) is 0 Å². The number of halogens is 1. The van der Waals surface area contributed by atoms with E-state index in [-0.39, 0.29) is 0 Å². The first-order valence-corrected chi connectivity index (χ1v) is 8.78. The lowest BCUT2D eigenvalue weighted by Crippen LogP contribution is -2.40. The van der Waals surface area contributed by atoms with Crippen molar-refractivity contribution in [1.82, 2.24) is 5.32 Å². The summed E-state index contributed by atoms with van der Waals surface area (Å²) in [5, 5.41) is 3.73. The van der Waals surface area contributed by atoms with E-state index in [1.165, 1.54) is 35.7 Å². The lowest BCUT2D eigenvalue weighted by atomic mass is 9.70. The normalized spacial score (nSPS) is 20.8. The minimum atomic E-state index is 0.556. The van der Waals surface area contributed by atoms with Gasteiger partial charge >= 0.3 is 0 Å². The van der Waals surface area contributed by atoms with Gasteiger partial charge in [-0.05, 0) is 61.6 Å². The van der Waals surface area contributed by atoms with E-state index in [1.54, 1.807) is 0 Å². The summed E-state index contributed by atoms with van der Waals surface area (Å²) in [6.45, 7) is 8.12. The van der Waals surface area contributed by atoms with Crippen LogP contribution in [0.4, 0.5) is 0 Å². The number of hydrogen-bond donors (Lipinski definition) is 1. The molecule has 1 atom stereocenters. The molecule has 1 nitrogen and oxygen atoms in total. The molecule has 0 spiro atoms. The molecule has 0 bridgehead atoms. The molecule has 0 heterocycles. The van der Waals surface area contributed by atoms with Crippen molar-refractivity contribution >= 4 is 15.9 Å². The summed E-state index contributed by atoms with van der Waals surface area (Å²) >= 11 is 3.69. The molecule has 1 aliphatic rings. The summed E-state index contributed by atoms with van der Waals surface area (Å²) in [5.41, 5.74) is 1.99. The highest BCUT2D eigenvalue weighted by molar-refractivity contribution is 9.10. The monoisotopic (exact) mass is 337 g/mol. The molecule has 2 rings (SSSR count). The first-order chi connectivity index (χ1) is 9.52. The van der Waals surface area contributed by atoms with E-state index in [0.29, 0.717) is 11.5 Å². The molecule has 20 heavy (non-hydrogen) atoms. The van der Waals surface area contributed by atoms with E-state index < -0.39 is 0 Å². The Morgan fingerprint density at radius 2 is 1.90 bits per heavy atom. The Hall–Kier alpha value is -0.340. The predicted octanol–water partition coefficient (Wildman–Crippen LogP) is 5.19. The first-order valence-electron chi connectivity index (χ1n) is 7.98. The fourth-order valence-electron chi connectivity index (χ4n) is 3.39. The molecule has 1 aromatic carbocycles. The fourth-order valence-corrected chi connectivity index (χ4v) is 3.84. The van der Waals surface area contributed by atoms with Crippen LogP contribution in [0.25, 0.3) is 0 Å². The van der Waals surface area contributed by atoms with Crippen LogP contribution in [0.3, 0.4) is 0 Å². The summed E-state index contributed by atoms with van der Waals surface area (Å²) in [6, 6.07) is 9.27. The van der Waals surface area contributed by atoms with E-state index in [2.05, 4.69) is 66.3 Å². The lowest BCUT2D eigenvalue weighted by Gasteiger charge is -2.38. The van der Waals surface area contributed by atoms with Crippen LogP contribution in [-0.4, -0.2) is 12.6 Å². The Bertz CT molecular complexity index is 417. The van der Waals surface area contributed by atoms with Gasteiger partial charge in [0.1, 0.15) is 0 Å². The van der Waals surface area contributed by atoms with Gasteiger partial charge in [0.15, 0.2) is 0 Å². The quantitative estimate of drug-likeness (QED) is 0.779. The summed E-state index contributed by atoms with van der Waals surface area (Å²) in [7, 11) is 0. The molecule has 0 radical (unpaired) electrons. The molecule has 2 heteroatoms. The highest BCUT2D eigenvalue weighted by Crippen LogP contribution is 2.39. The molecule has 1 N–H and O–H groups in total. The maximum atomic E-state index is 3.73. The second kappa shape index (κ2) is 7.09. The Labute approximate surface area is 132 Å². The third-order valence-electron chi connectivity index (χ3n) is 4.82. The average Bonchev–Trinajstić information content (AvgIpc) is 2.41. The van der Waals surface area contributed by atoms with E-state index in [4.69, 9.17) is 0 Å². The minimum absolute atomic E-state index is 0.556. The molecule has 112 valence electrons. The molecule has 1 fully saturated rings. The molecular weight excluding hydrogens is 310 g/mol. The van der Waals surface area contributed by atoms with Gasteiger partial charge in [0.25, 0.3) is 0 Å². The Balaban J connectivity index is 2.02. The van der Waals surface area contributed by atoms with Crippen molar-refractivity contribution in [2.45, 2.75) is 58.9 Å². The van der Waals surface area contributed by atoms with Crippen LogP contribution in [-0.2, 0) is 6.42 Å². The van der Waals surface area contributed by atoms with Gasteiger partial charge in [-0.3, -0.25) is 0 Å². The molecule has 1 aromatic rings. The number of nitrogens with one attached hydrogen (secondary N) is 1. The standard InChI is InChI=1S/C18H28BrN/c1-4-20-17(13-15-7-5-6-8-16(15)19)14-9-11-18(2,3)12-10-14/h5-8,14,17,20H,4,9-13H2,1-3H3. The van der Waals surface area contributed by atoms with Gasteiger partial charge in [-0.25, -0.2) is 0 Å². The zero-order valence-electron chi connectivity index (χ0n) is 13.1. The molecule has 0 aliphatic heterocycles. The highest BCUT2D eigenvalue weighted by atomic mass is 79.9. The van der Waals surface area contributed by atoms with Crippen molar-refractivity contribution in [3.63, 3.8) is 0 Å². The Kier molecular flexibility index (Phi) is 5.68. The minimum Gasteiger partial charge on any atom is -0.314 e. The number of likely N-dealkylation sites (N-methyl/N-ethyl adjacent to an activating group) is 1. The van der Waals surface area contributed by atoms with E-state index in [1.807, 2.05) is 0 Å². The summed E-state index contributed by atoms with van der Waals surface area (Å²) in [6.07, 6.45) is 6.62. The molecule has 1 unspecified atom stereocenters. The largest absolute Gasteiger partial charge is 0.314 e. The molecule has 0 aromatic heterocycles. The number of benzene rings is 1. The Morgan fingerprint density at radius 3 is 2.50 bits per heavy atom. The maximum absolute atomic E-state index is 3.73. The highest BCUT2D eigenvalue weighted by Gasteiger charge is 2.31. The zero-order valence-corrected chi connectivity index (χ0v) is 14.7. The van der Waals surface area contributed by atoms with Crippen molar-refractivity contribution in [1.29, 1.82) is 0 Å². The van der Waals surface area contributed by atoms with Crippen molar-refractivity contribution < 1.29 is 0 Å². The molecule has 1 aliphatic carbocycles. The topological polar surface area (TPSA) is 12.0 Å². The second-order valence-corrected chi connectivity index (χ2v) is 7.82. The number of hydrogen-bond acceptors (Lipinski definition) is 1. The summed E-state index contributed by atoms with van der Waals surface area (Å²) < 4.78 is 1.25. The van der Waals surface area contributed by atoms with Crippen LogP contribution in [0.15, 0.2) is 28.7 Å². The third-order valence-corrected chi connectivity index (χ3v) is 5.59. The molecule has 0 saturated heterocycles. The van der Waals surface area contributed by atoms with Crippen molar-refractivity contribution in [2.24, 2.45) is 11.3 Å². The van der Waals surface area contributed by atoms with Crippen LogP contribution in [0, 0.1) is 11.3 Å².